The molecule has 6 aliphatic heterocycles. The Morgan fingerprint density at radius 1 is 0.447 bits per heavy atom. The smallest absolute Gasteiger partial charge is 0.364 e. The number of nitrogens with one attached hydrogen (secondary N) is 3. The molecule has 0 radical (unpaired) electrons. The van der Waals surface area contributed by atoms with E-state index in [0.717, 1.165) is 91.4 Å². The highest BCUT2D eigenvalue weighted by Crippen LogP contribution is 2.44. The van der Waals surface area contributed by atoms with E-state index in [0.29, 0.717) is 12.8 Å². The standard InChI is InChI=1S/C81H141N3O39/c1-6-8-10-12-14-16-18-19-21-22-24-26-28-30-47(94)46(84-56(99)31-29-27-25-23-20-17-15-13-11-9-7-2)41-112-75-64(105)63(104)68(54(39-89)115-75)118-77-66(107)73(123-81(79(110)111)34-49(96)58(83-44(5)93)71(121-81)60(101)51(98)36-86)69(55(40-90)116-77)119-74-45(32-42(3)91)67(61(102)52(37-87)113-74)117-76-65(106)72(62(103)53(38-88)114-76)122-80(78(108)109)33-48(95)57(82-43(4)92)70(120-80)59(100)50(97)35-85/h28,30,45-55,57-77,85-90,94-98,100-107H,6-27,29,31-41H2,1-5H3,(H,82,92)(H,83,93)(H,84,99)(H,108,109)(H,110,111)/b30-28-/t45-,46+,47-,48+,49+,50-,51-,52-,53-,54-,55-,57-,58-,59-,60-,61+,62+,63-,64-,65-,66-,67-,68-,69+,70?,71?,72+,73-,74+,75-,76+,77+,80+,81+/m1/s1. The summed E-state index contributed by atoms with van der Waals surface area (Å²) in [4.78, 5) is 79.6. The highest BCUT2D eigenvalue weighted by Gasteiger charge is 2.64. The summed E-state index contributed by atoms with van der Waals surface area (Å²) in [6.45, 7) is -0.676. The zero-order valence-corrected chi connectivity index (χ0v) is 70.9. The molecule has 3 amide bonds. The largest absolute Gasteiger partial charge is 0.477 e. The van der Waals surface area contributed by atoms with Gasteiger partial charge < -0.3 is 185 Å². The third-order valence-electron chi connectivity index (χ3n) is 23.4. The van der Waals surface area contributed by atoms with Gasteiger partial charge in [-0.25, -0.2) is 9.59 Å². The molecule has 714 valence electrons. The van der Waals surface area contributed by atoms with E-state index in [1.807, 2.05) is 0 Å². The third-order valence-corrected chi connectivity index (χ3v) is 23.4. The average Bonchev–Trinajstić information content (AvgIpc) is 0.746. The molecule has 6 fully saturated rings. The number of carboxylic acid groups (broad SMARTS) is 2. The monoisotopic (exact) mass is 1780 g/mol. The Balaban J connectivity index is 1.32. The predicted octanol–water partition coefficient (Wildman–Crippen LogP) is -4.34. The fourth-order valence-corrected chi connectivity index (χ4v) is 16.4. The van der Waals surface area contributed by atoms with Crippen molar-refractivity contribution in [2.45, 2.75) is 409 Å². The molecule has 6 rings (SSSR count). The van der Waals surface area contributed by atoms with Crippen molar-refractivity contribution >= 4 is 35.4 Å². The van der Waals surface area contributed by atoms with Crippen molar-refractivity contribution in [2.75, 3.05) is 46.2 Å². The zero-order valence-electron chi connectivity index (χ0n) is 70.9. The van der Waals surface area contributed by atoms with Gasteiger partial charge in [0.05, 0.1) is 88.8 Å². The van der Waals surface area contributed by atoms with Gasteiger partial charge in [0.15, 0.2) is 25.2 Å². The molecule has 6 saturated heterocycles. The van der Waals surface area contributed by atoms with Crippen LogP contribution in [0.25, 0.3) is 0 Å². The second kappa shape index (κ2) is 53.6. The van der Waals surface area contributed by atoms with Crippen molar-refractivity contribution in [3.63, 3.8) is 0 Å². The summed E-state index contributed by atoms with van der Waals surface area (Å²) in [6, 6.07) is -4.77. The molecule has 0 saturated carbocycles. The molecule has 0 aromatic carbocycles. The summed E-state index contributed by atoms with van der Waals surface area (Å²) in [5, 5.41) is 245. The minimum absolute atomic E-state index is 0.0967. The van der Waals surface area contributed by atoms with Crippen LogP contribution in [0.5, 0.6) is 0 Å². The number of carbonyl (C=O) groups excluding carboxylic acids is 4. The van der Waals surface area contributed by atoms with E-state index in [1.165, 1.54) is 70.3 Å². The lowest BCUT2D eigenvalue weighted by atomic mass is 9.86. The average molecular weight is 1780 g/mol. The van der Waals surface area contributed by atoms with Crippen LogP contribution < -0.4 is 16.0 Å². The van der Waals surface area contributed by atoms with Crippen LogP contribution in [0, 0.1) is 5.92 Å². The molecule has 0 aromatic heterocycles. The van der Waals surface area contributed by atoms with E-state index >= 15 is 0 Å². The van der Waals surface area contributed by atoms with Gasteiger partial charge in [-0.1, -0.05) is 154 Å². The Hall–Kier alpha value is -4.48. The number of Topliss-reactive ketones (excluding diaryl/α,β-unsaturated/α-hetero) is 1. The summed E-state index contributed by atoms with van der Waals surface area (Å²) in [5.74, 6) is -16.1. The van der Waals surface area contributed by atoms with Crippen LogP contribution in [0.1, 0.15) is 208 Å². The Bertz CT molecular complexity index is 3120. The molecule has 123 heavy (non-hydrogen) atoms. The number of aliphatic hydroxyl groups excluding tert-OH is 19. The minimum Gasteiger partial charge on any atom is -0.477 e. The van der Waals surface area contributed by atoms with Gasteiger partial charge in [0.2, 0.25) is 17.7 Å². The number of ether oxygens (including phenoxy) is 12. The molecular formula is C81H141N3O39. The fraction of sp³-hybridized carbons (Fsp3) is 0.901. The third kappa shape index (κ3) is 30.6. The predicted molar refractivity (Wildman–Crippen MR) is 423 cm³/mol. The molecule has 42 heteroatoms. The molecule has 42 nitrogen and oxygen atoms in total. The quantitative estimate of drug-likeness (QED) is 0.0202. The van der Waals surface area contributed by atoms with E-state index in [-0.39, 0.29) is 6.42 Å². The molecule has 6 aliphatic rings. The number of hydrogen-bond acceptors (Lipinski definition) is 37. The summed E-state index contributed by atoms with van der Waals surface area (Å²) in [6.07, 6.45) is -37.7. The lowest BCUT2D eigenvalue weighted by Gasteiger charge is -2.53. The number of hydrogen-bond donors (Lipinski definition) is 24. The molecule has 34 atom stereocenters. The topological polar surface area (TPSA) is 674 Å². The first-order valence-electron chi connectivity index (χ1n) is 43.4. The number of aliphatic hydroxyl groups is 19. The van der Waals surface area contributed by atoms with Gasteiger partial charge in [0.1, 0.15) is 128 Å². The normalized spacial score (nSPS) is 35.9. The van der Waals surface area contributed by atoms with Crippen molar-refractivity contribution < 1.29 is 193 Å². The molecule has 0 spiro atoms. The van der Waals surface area contributed by atoms with E-state index in [4.69, 9.17) is 56.8 Å². The van der Waals surface area contributed by atoms with Crippen LogP contribution in [0.2, 0.25) is 0 Å². The molecule has 0 aromatic rings. The second-order valence-electron chi connectivity index (χ2n) is 33.2. The van der Waals surface area contributed by atoms with Gasteiger partial charge >= 0.3 is 11.9 Å². The van der Waals surface area contributed by atoms with Crippen molar-refractivity contribution in [3.8, 4) is 0 Å². The number of amides is 3. The number of carboxylic acids is 2. The van der Waals surface area contributed by atoms with E-state index in [1.54, 1.807) is 6.08 Å². The SMILES string of the molecule is CCCCCCCCCCCCC/C=C\[C@@H](O)[C@H](CO[C@@H]1O[C@H](CO)[C@@H](O[C@@H]2O[C@H](CO)[C@H](O[C@@H]3O[C@H](CO)[C@H](O)[C@H](O[C@@H]4O[C@H](CO)[C@H](O)[C@H](O[C@]5(C(=O)O)C[C@H](O)[C@@H](NC(C)=O)C([C@H](O)[C@H](O)CO)O5)[C@H]4O)[C@H]3CC(C)=O)[C@H](O[C@]3(C(=O)O)C[C@H](O)[C@@H](NC(C)=O)C([C@H](O)[C@H](O)CO)O3)[C@H]2O)[C@H](O)[C@H]1O)NC(=O)CCCCCCCCCCCCC. The number of rotatable bonds is 56. The van der Waals surface area contributed by atoms with E-state index in [9.17, 15) is 136 Å². The number of carbonyl (C=O) groups is 6. The highest BCUT2D eigenvalue weighted by molar-refractivity contribution is 5.78. The van der Waals surface area contributed by atoms with Crippen LogP contribution >= 0.6 is 0 Å². The summed E-state index contributed by atoms with van der Waals surface area (Å²) >= 11 is 0. The second-order valence-corrected chi connectivity index (χ2v) is 33.2. The Labute approximate surface area is 715 Å². The molecule has 0 bridgehead atoms. The number of unbranched alkanes of at least 4 members (excludes halogenated alkanes) is 21. The van der Waals surface area contributed by atoms with Gasteiger partial charge in [-0.3, -0.25) is 14.4 Å². The van der Waals surface area contributed by atoms with Gasteiger partial charge in [0.25, 0.3) is 11.6 Å². The number of allylic oxidation sites excluding steroid dienone is 1. The first-order valence-corrected chi connectivity index (χ1v) is 43.4. The maximum atomic E-state index is 14.0. The van der Waals surface area contributed by atoms with Crippen molar-refractivity contribution in [1.29, 1.82) is 0 Å². The Morgan fingerprint density at radius 3 is 1.28 bits per heavy atom. The number of ketones is 1. The van der Waals surface area contributed by atoms with E-state index in [2.05, 4.69) is 29.8 Å². The van der Waals surface area contributed by atoms with Gasteiger partial charge in [-0.15, -0.1) is 0 Å². The van der Waals surface area contributed by atoms with Crippen molar-refractivity contribution in [2.24, 2.45) is 5.92 Å². The number of aliphatic carboxylic acids is 2. The van der Waals surface area contributed by atoms with Crippen LogP contribution in [0.4, 0.5) is 0 Å². The lowest BCUT2D eigenvalue weighted by Crippen LogP contribution is -2.71. The molecule has 24 N–H and O–H groups in total. The summed E-state index contributed by atoms with van der Waals surface area (Å²) < 4.78 is 72.6. The van der Waals surface area contributed by atoms with E-state index < -0.39 is 308 Å². The maximum Gasteiger partial charge on any atom is 0.364 e. The van der Waals surface area contributed by atoms with Crippen molar-refractivity contribution in [1.82, 2.24) is 16.0 Å². The molecule has 0 aliphatic carbocycles. The van der Waals surface area contributed by atoms with Crippen LogP contribution in [-0.2, 0) is 85.6 Å². The zero-order chi connectivity index (χ0) is 91.0. The van der Waals surface area contributed by atoms with Gasteiger partial charge in [-0.2, -0.15) is 0 Å². The highest BCUT2D eigenvalue weighted by atomic mass is 16.8. The Kier molecular flexibility index (Phi) is 46.8. The summed E-state index contributed by atoms with van der Waals surface area (Å²) in [5.41, 5.74) is 0. The Morgan fingerprint density at radius 2 is 0.837 bits per heavy atom. The maximum absolute atomic E-state index is 14.0. The molecule has 6 heterocycles. The van der Waals surface area contributed by atoms with Crippen LogP contribution in [0.15, 0.2) is 12.2 Å². The van der Waals surface area contributed by atoms with Crippen LogP contribution in [-0.4, -0.2) is 390 Å². The first kappa shape index (κ1) is 107. The van der Waals surface area contributed by atoms with Gasteiger partial charge in [-0.05, 0) is 26.2 Å². The van der Waals surface area contributed by atoms with Crippen molar-refractivity contribution in [3.05, 3.63) is 12.2 Å². The summed E-state index contributed by atoms with van der Waals surface area (Å²) in [7, 11) is 0. The minimum atomic E-state index is -3.48. The molecular weight excluding hydrogens is 1640 g/mol. The van der Waals surface area contributed by atoms with Crippen LogP contribution in [0.3, 0.4) is 0 Å². The lowest BCUT2D eigenvalue weighted by molar-refractivity contribution is -0.408. The van der Waals surface area contributed by atoms with Gasteiger partial charge in [0, 0.05) is 45.4 Å². The fourth-order valence-electron chi connectivity index (χ4n) is 16.4. The molecule has 2 unspecified atom stereocenters. The first-order chi connectivity index (χ1) is 58.6.